The summed E-state index contributed by atoms with van der Waals surface area (Å²) in [6.45, 7) is 2.60. The number of carbonyl (C=O) groups excluding carboxylic acids is 3. The van der Waals surface area contributed by atoms with Gasteiger partial charge in [-0.3, -0.25) is 14.4 Å². The number of halogens is 3. The molecule has 0 radical (unpaired) electrons. The minimum Gasteiger partial charge on any atom is -0.481 e. The van der Waals surface area contributed by atoms with Gasteiger partial charge in [-0.15, -0.1) is 0 Å². The maximum atomic E-state index is 12.5. The van der Waals surface area contributed by atoms with Gasteiger partial charge in [0.2, 0.25) is 11.8 Å². The number of hydrogen-bond acceptors (Lipinski definition) is 5. The van der Waals surface area contributed by atoms with Crippen molar-refractivity contribution in [2.75, 3.05) is 13.1 Å². The Labute approximate surface area is 269 Å². The number of aliphatic carboxylic acids is 2. The van der Waals surface area contributed by atoms with Gasteiger partial charge in [0, 0.05) is 19.5 Å². The second-order valence-corrected chi connectivity index (χ2v) is 10.3. The Morgan fingerprint density at radius 1 is 0.766 bits per heavy atom. The lowest BCUT2D eigenvalue weighted by molar-refractivity contribution is -0.192. The lowest BCUT2D eigenvalue weighted by Crippen LogP contribution is -2.39. The van der Waals surface area contributed by atoms with E-state index in [0.29, 0.717) is 31.5 Å². The fraction of sp³-hybridized carbons (Fsp3) is 0.303. The van der Waals surface area contributed by atoms with Crippen LogP contribution in [0.4, 0.5) is 18.0 Å². The minimum atomic E-state index is -5.08. The van der Waals surface area contributed by atoms with E-state index in [2.05, 4.69) is 21.3 Å². The lowest BCUT2D eigenvalue weighted by Gasteiger charge is -2.18. The van der Waals surface area contributed by atoms with Crippen molar-refractivity contribution in [2.24, 2.45) is 0 Å². The molecule has 0 aliphatic rings. The standard InChI is InChI=1S/C31H36N4O5.C2HF3O2/c1-22-8-7-9-23(18-22)20-34-31(40)32-17-6-5-12-28(36)33-21-29(37)35-27(19-30(38)39)26-15-13-25(14-16-26)24-10-3-2-4-11-24;3-2(4,5)1(6)7/h2-4,7-11,13-16,18,27H,5-6,12,17,19-21H2,1H3,(H,33,36)(H,35,37)(H,38,39)(H2,32,34,40);(H,6,7). The van der Waals surface area contributed by atoms with Crippen molar-refractivity contribution in [3.63, 3.8) is 0 Å². The molecule has 1 unspecified atom stereocenters. The molecule has 14 heteroatoms. The summed E-state index contributed by atoms with van der Waals surface area (Å²) in [4.78, 5) is 56.8. The van der Waals surface area contributed by atoms with E-state index < -0.39 is 30.1 Å². The van der Waals surface area contributed by atoms with Crippen molar-refractivity contribution in [3.8, 4) is 11.1 Å². The van der Waals surface area contributed by atoms with Crippen LogP contribution in [0.3, 0.4) is 0 Å². The molecule has 1 atom stereocenters. The first-order valence-electron chi connectivity index (χ1n) is 14.5. The SMILES string of the molecule is Cc1cccc(CNC(=O)NCCCCC(=O)NCC(=O)NC(CC(=O)O)c2ccc(-c3ccccc3)cc2)c1.O=C(O)C(F)(F)F. The number of amides is 4. The smallest absolute Gasteiger partial charge is 0.481 e. The van der Waals surface area contributed by atoms with Gasteiger partial charge in [0.05, 0.1) is 19.0 Å². The van der Waals surface area contributed by atoms with Gasteiger partial charge in [0.25, 0.3) is 0 Å². The quantitative estimate of drug-likeness (QED) is 0.136. The van der Waals surface area contributed by atoms with Gasteiger partial charge in [-0.25, -0.2) is 9.59 Å². The van der Waals surface area contributed by atoms with Crippen molar-refractivity contribution >= 4 is 29.8 Å². The molecule has 3 rings (SSSR count). The Morgan fingerprint density at radius 3 is 2.00 bits per heavy atom. The van der Waals surface area contributed by atoms with Crippen molar-refractivity contribution < 1.29 is 47.4 Å². The van der Waals surface area contributed by atoms with Gasteiger partial charge in [-0.05, 0) is 42.0 Å². The third kappa shape index (κ3) is 15.4. The van der Waals surface area contributed by atoms with E-state index in [1.807, 2.05) is 73.7 Å². The van der Waals surface area contributed by atoms with Gasteiger partial charge >= 0.3 is 24.1 Å². The number of carbonyl (C=O) groups is 5. The van der Waals surface area contributed by atoms with Gasteiger partial charge in [0.1, 0.15) is 0 Å². The molecule has 252 valence electrons. The van der Waals surface area contributed by atoms with Gasteiger partial charge in [0.15, 0.2) is 0 Å². The van der Waals surface area contributed by atoms with E-state index in [9.17, 15) is 37.5 Å². The average Bonchev–Trinajstić information content (AvgIpc) is 3.02. The average molecular weight is 659 g/mol. The summed E-state index contributed by atoms with van der Waals surface area (Å²) in [5, 5.41) is 27.3. The molecule has 0 saturated carbocycles. The molecule has 0 bridgehead atoms. The topological polar surface area (TPSA) is 174 Å². The molecule has 0 aliphatic heterocycles. The first-order valence-corrected chi connectivity index (χ1v) is 14.5. The molecule has 47 heavy (non-hydrogen) atoms. The molecule has 0 heterocycles. The summed E-state index contributed by atoms with van der Waals surface area (Å²) < 4.78 is 31.7. The van der Waals surface area contributed by atoms with Crippen molar-refractivity contribution in [1.29, 1.82) is 0 Å². The second kappa shape index (κ2) is 19.2. The Morgan fingerprint density at radius 2 is 1.40 bits per heavy atom. The number of carboxylic acid groups (broad SMARTS) is 2. The van der Waals surface area contributed by atoms with Gasteiger partial charge in [-0.2, -0.15) is 13.2 Å². The van der Waals surface area contributed by atoms with E-state index in [1.165, 1.54) is 0 Å². The number of aryl methyl sites for hydroxylation is 1. The maximum Gasteiger partial charge on any atom is 0.490 e. The third-order valence-corrected chi connectivity index (χ3v) is 6.47. The zero-order valence-corrected chi connectivity index (χ0v) is 25.6. The third-order valence-electron chi connectivity index (χ3n) is 6.47. The number of carboxylic acids is 2. The lowest BCUT2D eigenvalue weighted by atomic mass is 9.99. The normalized spacial score (nSPS) is 11.2. The molecule has 0 fully saturated rings. The van der Waals surface area contributed by atoms with Crippen LogP contribution in [0.5, 0.6) is 0 Å². The molecule has 4 amide bonds. The Balaban J connectivity index is 0.000000984. The van der Waals surface area contributed by atoms with Crippen LogP contribution >= 0.6 is 0 Å². The zero-order chi connectivity index (χ0) is 34.8. The van der Waals surface area contributed by atoms with E-state index in [4.69, 9.17) is 9.90 Å². The second-order valence-electron chi connectivity index (χ2n) is 10.3. The number of urea groups is 1. The van der Waals surface area contributed by atoms with E-state index in [1.54, 1.807) is 12.1 Å². The number of rotatable bonds is 14. The van der Waals surface area contributed by atoms with Crippen molar-refractivity contribution in [2.45, 2.75) is 51.4 Å². The number of benzene rings is 3. The van der Waals surface area contributed by atoms with Crippen LogP contribution in [0.2, 0.25) is 0 Å². The summed E-state index contributed by atoms with van der Waals surface area (Å²) >= 11 is 0. The van der Waals surface area contributed by atoms with E-state index in [0.717, 1.165) is 22.3 Å². The summed E-state index contributed by atoms with van der Waals surface area (Å²) in [7, 11) is 0. The molecular weight excluding hydrogens is 621 g/mol. The molecule has 0 spiro atoms. The molecular formula is C33H37F3N4O7. The molecule has 0 aliphatic carbocycles. The monoisotopic (exact) mass is 658 g/mol. The number of hydrogen-bond donors (Lipinski definition) is 6. The molecule has 0 saturated heterocycles. The fourth-order valence-corrected chi connectivity index (χ4v) is 4.16. The maximum absolute atomic E-state index is 12.5. The predicted octanol–water partition coefficient (Wildman–Crippen LogP) is 4.71. The number of nitrogens with one attached hydrogen (secondary N) is 4. The summed E-state index contributed by atoms with van der Waals surface area (Å²) in [6.07, 6.45) is -4.01. The van der Waals surface area contributed by atoms with Crippen LogP contribution in [-0.4, -0.2) is 59.3 Å². The highest BCUT2D eigenvalue weighted by Gasteiger charge is 2.38. The van der Waals surface area contributed by atoms with E-state index in [-0.39, 0.29) is 31.3 Å². The van der Waals surface area contributed by atoms with Crippen molar-refractivity contribution in [1.82, 2.24) is 21.3 Å². The van der Waals surface area contributed by atoms with Crippen LogP contribution in [0, 0.1) is 6.92 Å². The highest BCUT2D eigenvalue weighted by atomic mass is 19.4. The fourth-order valence-electron chi connectivity index (χ4n) is 4.16. The van der Waals surface area contributed by atoms with Gasteiger partial charge < -0.3 is 31.5 Å². The largest absolute Gasteiger partial charge is 0.490 e. The summed E-state index contributed by atoms with van der Waals surface area (Å²) in [6, 6.07) is 24.0. The highest BCUT2D eigenvalue weighted by Crippen LogP contribution is 2.23. The molecule has 3 aromatic carbocycles. The zero-order valence-electron chi connectivity index (χ0n) is 25.6. The van der Waals surface area contributed by atoms with Crippen LogP contribution < -0.4 is 21.3 Å². The Kier molecular flexibility index (Phi) is 15.4. The van der Waals surface area contributed by atoms with Gasteiger partial charge in [-0.1, -0.05) is 84.4 Å². The molecule has 6 N–H and O–H groups in total. The Hall–Kier alpha value is -5.40. The van der Waals surface area contributed by atoms with Crippen LogP contribution in [0.25, 0.3) is 11.1 Å². The summed E-state index contributed by atoms with van der Waals surface area (Å²) in [5.41, 5.74) is 4.83. The highest BCUT2D eigenvalue weighted by molar-refractivity contribution is 5.85. The molecule has 0 aromatic heterocycles. The predicted molar refractivity (Wildman–Crippen MR) is 167 cm³/mol. The van der Waals surface area contributed by atoms with Crippen LogP contribution in [0.15, 0.2) is 78.9 Å². The molecule has 3 aromatic rings. The first-order chi connectivity index (χ1) is 22.2. The minimum absolute atomic E-state index is 0.208. The van der Waals surface area contributed by atoms with Crippen molar-refractivity contribution in [3.05, 3.63) is 95.6 Å². The molecule has 11 nitrogen and oxygen atoms in total. The van der Waals surface area contributed by atoms with Crippen LogP contribution in [-0.2, 0) is 25.7 Å². The first kappa shape index (κ1) is 37.8. The number of alkyl halides is 3. The Bertz CT molecular complexity index is 1480. The summed E-state index contributed by atoms with van der Waals surface area (Å²) in [5.74, 6) is -4.56. The van der Waals surface area contributed by atoms with E-state index >= 15 is 0 Å². The number of unbranched alkanes of at least 4 members (excludes halogenated alkanes) is 1. The van der Waals surface area contributed by atoms with Crippen LogP contribution in [0.1, 0.15) is 48.4 Å².